The molecule has 2 saturated heterocycles. The smallest absolute Gasteiger partial charge is 0.411 e. The van der Waals surface area contributed by atoms with Crippen LogP contribution in [0, 0.1) is 5.92 Å². The molecule has 2 atom stereocenters. The molecule has 0 spiro atoms. The molecule has 0 saturated carbocycles. The number of rotatable bonds is 16. The van der Waals surface area contributed by atoms with Crippen LogP contribution in [0.4, 0.5) is 52.7 Å². The second kappa shape index (κ2) is 16.1. The van der Waals surface area contributed by atoms with Crippen molar-refractivity contribution in [1.29, 1.82) is 0 Å². The molecule has 2 aliphatic rings. The van der Waals surface area contributed by atoms with Gasteiger partial charge in [-0.1, -0.05) is 55.5 Å². The number of hydrogen-bond acceptors (Lipinski definition) is 6. The molecule has 58 heavy (non-hydrogen) atoms. The van der Waals surface area contributed by atoms with Crippen molar-refractivity contribution in [1.82, 2.24) is 0 Å². The summed E-state index contributed by atoms with van der Waals surface area (Å²) >= 11 is 0. The zero-order valence-electron chi connectivity index (χ0n) is 30.2. The van der Waals surface area contributed by atoms with Crippen LogP contribution in [0.3, 0.4) is 0 Å². The summed E-state index contributed by atoms with van der Waals surface area (Å²) in [6.45, 7) is 2.25. The van der Waals surface area contributed by atoms with Gasteiger partial charge in [0.25, 0.3) is 0 Å². The van der Waals surface area contributed by atoms with E-state index < -0.39 is 63.7 Å². The Bertz CT molecular complexity index is 1780. The Labute approximate surface area is 323 Å². The molecule has 2 heterocycles. The van der Waals surface area contributed by atoms with Crippen LogP contribution in [-0.2, 0) is 20.3 Å². The highest BCUT2D eigenvalue weighted by molar-refractivity contribution is 5.48. The molecule has 0 aromatic heterocycles. The van der Waals surface area contributed by atoms with E-state index in [4.69, 9.17) is 28.4 Å². The van der Waals surface area contributed by atoms with E-state index in [1.165, 1.54) is 0 Å². The summed E-state index contributed by atoms with van der Waals surface area (Å²) in [5, 5.41) is 0. The average Bonchev–Trinajstić information content (AvgIpc) is 4.08. The Morgan fingerprint density at radius 2 is 0.655 bits per heavy atom. The fourth-order valence-electron chi connectivity index (χ4n) is 6.40. The Kier molecular flexibility index (Phi) is 11.8. The van der Waals surface area contributed by atoms with E-state index in [1.54, 1.807) is 6.92 Å². The van der Waals surface area contributed by atoms with Gasteiger partial charge in [-0.05, 0) is 70.8 Å². The minimum Gasteiger partial charge on any atom is -0.493 e. The third kappa shape index (κ3) is 8.77. The molecule has 6 nitrogen and oxygen atoms in total. The van der Waals surface area contributed by atoms with E-state index in [2.05, 4.69) is 0 Å². The van der Waals surface area contributed by atoms with Crippen LogP contribution < -0.4 is 18.9 Å². The van der Waals surface area contributed by atoms with Crippen molar-refractivity contribution in [2.75, 3.05) is 39.6 Å². The first kappa shape index (κ1) is 42.8. The predicted molar refractivity (Wildman–Crippen MR) is 182 cm³/mol. The number of hydrogen-bond donors (Lipinski definition) is 0. The molecule has 18 heteroatoms. The third-order valence-electron chi connectivity index (χ3n) is 9.60. The Hall–Kier alpha value is -4.84. The highest BCUT2D eigenvalue weighted by atomic mass is 19.4. The Morgan fingerprint density at radius 1 is 0.431 bits per heavy atom. The van der Waals surface area contributed by atoms with Crippen molar-refractivity contribution in [2.45, 2.75) is 54.7 Å². The monoisotopic (exact) mass is 838 g/mol. The second-order valence-electron chi connectivity index (χ2n) is 13.8. The van der Waals surface area contributed by atoms with Crippen molar-refractivity contribution >= 4 is 0 Å². The van der Waals surface area contributed by atoms with E-state index in [0.717, 1.165) is 48.5 Å². The van der Waals surface area contributed by atoms with Gasteiger partial charge in [-0.25, -0.2) is 0 Å². The van der Waals surface area contributed by atoms with Crippen LogP contribution in [-0.4, -0.2) is 76.6 Å². The number of benzene rings is 4. The average molecular weight is 839 g/mol. The SMILES string of the molecule is CC(COc1ccc(C(c2ccc(OCC3CO3)cc2)(C(F)(F)F)C(F)(F)F)cc1)COc1ccc(C(c2ccc(OCC3CO3)cc2)(C(F)(F)F)C(F)(F)F)cc1. The first-order chi connectivity index (χ1) is 27.2. The minimum absolute atomic E-state index is 0.0601. The maximum atomic E-state index is 14.6. The lowest BCUT2D eigenvalue weighted by molar-refractivity contribution is -0.290. The van der Waals surface area contributed by atoms with Gasteiger partial charge in [-0.15, -0.1) is 0 Å². The summed E-state index contributed by atoms with van der Waals surface area (Å²) < 4.78 is 207. The lowest BCUT2D eigenvalue weighted by atomic mass is 9.73. The van der Waals surface area contributed by atoms with E-state index in [9.17, 15) is 52.7 Å². The van der Waals surface area contributed by atoms with Crippen LogP contribution in [0.2, 0.25) is 0 Å². The van der Waals surface area contributed by atoms with Crippen molar-refractivity contribution in [2.24, 2.45) is 5.92 Å². The van der Waals surface area contributed by atoms with Crippen molar-refractivity contribution in [3.63, 3.8) is 0 Å². The minimum atomic E-state index is -5.82. The molecule has 0 radical (unpaired) electrons. The van der Waals surface area contributed by atoms with Gasteiger partial charge in [0, 0.05) is 5.92 Å². The molecular formula is C40H34F12O6. The number of halogens is 12. The van der Waals surface area contributed by atoms with E-state index in [1.807, 2.05) is 0 Å². The molecule has 2 aliphatic heterocycles. The Morgan fingerprint density at radius 3 is 0.862 bits per heavy atom. The lowest BCUT2D eigenvalue weighted by Crippen LogP contribution is -2.54. The summed E-state index contributed by atoms with van der Waals surface area (Å²) in [6, 6.07) is 13.3. The fourth-order valence-corrected chi connectivity index (χ4v) is 6.40. The van der Waals surface area contributed by atoms with Crippen LogP contribution in [0.5, 0.6) is 23.0 Å². The predicted octanol–water partition coefficient (Wildman–Crippen LogP) is 10.2. The van der Waals surface area contributed by atoms with E-state index in [0.29, 0.717) is 61.7 Å². The third-order valence-corrected chi connectivity index (χ3v) is 9.60. The highest BCUT2D eigenvalue weighted by Crippen LogP contribution is 2.58. The number of ether oxygens (including phenoxy) is 6. The maximum absolute atomic E-state index is 14.6. The zero-order chi connectivity index (χ0) is 42.1. The molecule has 4 aromatic carbocycles. The first-order valence-corrected chi connectivity index (χ1v) is 17.6. The summed E-state index contributed by atoms with van der Waals surface area (Å²) in [5.41, 5.74) is -13.2. The van der Waals surface area contributed by atoms with Gasteiger partial charge in [-0.3, -0.25) is 0 Å². The number of epoxide rings is 2. The van der Waals surface area contributed by atoms with Gasteiger partial charge in [0.15, 0.2) is 0 Å². The maximum Gasteiger partial charge on any atom is 0.411 e. The standard InChI is InChI=1S/C40H34F12O6/c1-24(18-53-29-10-2-25(3-11-29)35(37(41,42)43,38(44,45)46)27-6-14-31(15-7-27)55-20-33-22-57-33)19-54-30-12-4-26(5-13-30)36(39(47,48)49,40(50,51)52)28-8-16-32(17-9-28)56-21-34-23-58-34/h2-17,24,33-34H,18-23H2,1H3. The molecule has 314 valence electrons. The van der Waals surface area contributed by atoms with Crippen molar-refractivity contribution in [3.8, 4) is 23.0 Å². The second-order valence-corrected chi connectivity index (χ2v) is 13.8. The van der Waals surface area contributed by atoms with Gasteiger partial charge in [0.2, 0.25) is 10.8 Å². The van der Waals surface area contributed by atoms with Gasteiger partial charge >= 0.3 is 24.7 Å². The topological polar surface area (TPSA) is 62.0 Å². The van der Waals surface area contributed by atoms with Gasteiger partial charge in [-0.2, -0.15) is 52.7 Å². The van der Waals surface area contributed by atoms with Crippen molar-refractivity contribution < 1.29 is 81.1 Å². The van der Waals surface area contributed by atoms with Gasteiger partial charge < -0.3 is 28.4 Å². The normalized spacial score (nSPS) is 18.0. The quantitative estimate of drug-likeness (QED) is 0.0828. The van der Waals surface area contributed by atoms with E-state index in [-0.39, 0.29) is 61.6 Å². The molecule has 6 rings (SSSR count). The van der Waals surface area contributed by atoms with Gasteiger partial charge in [0.05, 0.1) is 26.4 Å². The highest BCUT2D eigenvalue weighted by Gasteiger charge is 2.73. The summed E-state index contributed by atoms with van der Waals surface area (Å²) in [7, 11) is 0. The van der Waals surface area contributed by atoms with Crippen LogP contribution >= 0.6 is 0 Å². The van der Waals surface area contributed by atoms with Crippen molar-refractivity contribution in [3.05, 3.63) is 119 Å². The zero-order valence-corrected chi connectivity index (χ0v) is 30.2. The molecular weight excluding hydrogens is 804 g/mol. The summed E-state index contributed by atoms with van der Waals surface area (Å²) in [6.07, 6.45) is -23.7. The molecule has 2 fully saturated rings. The molecule has 0 amide bonds. The summed E-state index contributed by atoms with van der Waals surface area (Å²) in [5.74, 6) is -0.588. The summed E-state index contributed by atoms with van der Waals surface area (Å²) in [4.78, 5) is 0. The molecule has 0 aliphatic carbocycles. The molecule has 0 N–H and O–H groups in total. The molecule has 2 unspecified atom stereocenters. The Balaban J connectivity index is 1.11. The van der Waals surface area contributed by atoms with Crippen LogP contribution in [0.15, 0.2) is 97.1 Å². The van der Waals surface area contributed by atoms with Crippen LogP contribution in [0.25, 0.3) is 0 Å². The molecule has 4 aromatic rings. The fraction of sp³-hybridized carbons (Fsp3) is 0.400. The van der Waals surface area contributed by atoms with Gasteiger partial charge in [0.1, 0.15) is 48.4 Å². The first-order valence-electron chi connectivity index (χ1n) is 17.6. The van der Waals surface area contributed by atoms with Crippen LogP contribution in [0.1, 0.15) is 29.2 Å². The number of alkyl halides is 12. The largest absolute Gasteiger partial charge is 0.493 e. The van der Waals surface area contributed by atoms with E-state index >= 15 is 0 Å². The molecule has 0 bridgehead atoms. The lowest BCUT2D eigenvalue weighted by Gasteiger charge is -2.38.